The summed E-state index contributed by atoms with van der Waals surface area (Å²) in [5.74, 6) is -0.926. The van der Waals surface area contributed by atoms with E-state index >= 15 is 0 Å². The molecule has 0 unspecified atom stereocenters. The monoisotopic (exact) mass is 535 g/mol. The van der Waals surface area contributed by atoms with Crippen molar-refractivity contribution in [3.63, 3.8) is 0 Å². The molecule has 0 rings (SSSR count). The van der Waals surface area contributed by atoms with Gasteiger partial charge in [-0.1, -0.05) is 168 Å². The SMILES string of the molecule is CCCCCCCCCCCCCC/C=C/C(O)=C(\O)NC(=O)CCCCCCCCCCCCCCC. The molecule has 1 amide bonds. The van der Waals surface area contributed by atoms with Crippen molar-refractivity contribution in [2.75, 3.05) is 0 Å². The quantitative estimate of drug-likeness (QED) is 0.0506. The zero-order chi connectivity index (χ0) is 27.9. The van der Waals surface area contributed by atoms with Crippen molar-refractivity contribution in [3.8, 4) is 0 Å². The van der Waals surface area contributed by atoms with Gasteiger partial charge in [0.05, 0.1) is 0 Å². The Bertz CT molecular complexity index is 570. The fourth-order valence-electron chi connectivity index (χ4n) is 4.94. The van der Waals surface area contributed by atoms with Crippen LogP contribution in [0.2, 0.25) is 0 Å². The topological polar surface area (TPSA) is 69.6 Å². The van der Waals surface area contributed by atoms with E-state index in [0.717, 1.165) is 25.7 Å². The lowest BCUT2D eigenvalue weighted by Crippen LogP contribution is -2.23. The van der Waals surface area contributed by atoms with Gasteiger partial charge >= 0.3 is 0 Å². The molecule has 0 bridgehead atoms. The average molecular weight is 536 g/mol. The Morgan fingerprint density at radius 1 is 0.526 bits per heavy atom. The fraction of sp³-hybridized carbons (Fsp3) is 0.853. The number of hydrogen-bond acceptors (Lipinski definition) is 3. The summed E-state index contributed by atoms with van der Waals surface area (Å²) in [4.78, 5) is 12.0. The van der Waals surface area contributed by atoms with Gasteiger partial charge in [0.2, 0.25) is 11.8 Å². The van der Waals surface area contributed by atoms with Crippen molar-refractivity contribution in [2.45, 2.75) is 187 Å². The molecule has 0 aliphatic carbocycles. The smallest absolute Gasteiger partial charge is 0.234 e. The number of nitrogens with one attached hydrogen (secondary N) is 1. The van der Waals surface area contributed by atoms with Gasteiger partial charge in [0, 0.05) is 6.42 Å². The molecule has 3 N–H and O–H groups in total. The summed E-state index contributed by atoms with van der Waals surface area (Å²) in [7, 11) is 0. The minimum atomic E-state index is -0.435. The van der Waals surface area contributed by atoms with Crippen LogP contribution in [0.15, 0.2) is 23.8 Å². The van der Waals surface area contributed by atoms with Gasteiger partial charge in [0.25, 0.3) is 0 Å². The molecule has 0 aromatic rings. The molecule has 0 heterocycles. The summed E-state index contributed by atoms with van der Waals surface area (Å²) < 4.78 is 0. The highest BCUT2D eigenvalue weighted by atomic mass is 16.3. The zero-order valence-electron chi connectivity index (χ0n) is 25.5. The summed E-state index contributed by atoms with van der Waals surface area (Å²) in [5, 5.41) is 22.3. The Kier molecular flexibility index (Phi) is 28.9. The van der Waals surface area contributed by atoms with Crippen LogP contribution < -0.4 is 5.32 Å². The van der Waals surface area contributed by atoms with Crippen molar-refractivity contribution in [2.24, 2.45) is 0 Å². The standard InChI is InChI=1S/C34H65NO3/c1-3-5-7-9-11-13-15-17-19-20-22-24-26-28-30-32(36)34(38)35-33(37)31-29-27-25-23-21-18-16-14-12-10-8-6-4-2/h28,30,36,38H,3-27,29,31H2,1-2H3,(H,35,37)/b30-28+,34-32+. The van der Waals surface area contributed by atoms with E-state index in [4.69, 9.17) is 0 Å². The maximum absolute atomic E-state index is 12.0. The molecule has 0 aromatic heterocycles. The van der Waals surface area contributed by atoms with E-state index in [1.165, 1.54) is 147 Å². The summed E-state index contributed by atoms with van der Waals surface area (Å²) in [6.45, 7) is 4.53. The first-order valence-electron chi connectivity index (χ1n) is 16.7. The molecule has 224 valence electrons. The van der Waals surface area contributed by atoms with Gasteiger partial charge in [-0.15, -0.1) is 0 Å². The molecule has 0 aliphatic rings. The molecule has 0 saturated heterocycles. The molecule has 0 spiro atoms. The number of rotatable bonds is 29. The maximum atomic E-state index is 12.0. The molecule has 0 atom stereocenters. The van der Waals surface area contributed by atoms with Crippen LogP contribution in [0.25, 0.3) is 0 Å². The predicted molar refractivity (Wildman–Crippen MR) is 166 cm³/mol. The number of aliphatic hydroxyl groups is 2. The molecule has 0 fully saturated rings. The molecular weight excluding hydrogens is 470 g/mol. The summed E-state index contributed by atoms with van der Waals surface area (Å²) >= 11 is 0. The first-order chi connectivity index (χ1) is 18.6. The van der Waals surface area contributed by atoms with E-state index in [2.05, 4.69) is 19.2 Å². The second-order valence-electron chi connectivity index (χ2n) is 11.4. The molecule has 38 heavy (non-hydrogen) atoms. The molecule has 0 saturated carbocycles. The number of amides is 1. The normalized spacial score (nSPS) is 12.3. The van der Waals surface area contributed by atoms with Crippen LogP contribution in [0.3, 0.4) is 0 Å². The van der Waals surface area contributed by atoms with Gasteiger partial charge in [-0.3, -0.25) is 10.1 Å². The molecule has 0 aromatic carbocycles. The predicted octanol–water partition coefficient (Wildman–Crippen LogP) is 11.5. The lowest BCUT2D eigenvalue weighted by Gasteiger charge is -2.05. The minimum Gasteiger partial charge on any atom is -0.503 e. The van der Waals surface area contributed by atoms with Crippen molar-refractivity contribution in [1.82, 2.24) is 5.32 Å². The summed E-state index contributed by atoms with van der Waals surface area (Å²) in [6, 6.07) is 0. The Morgan fingerprint density at radius 2 is 0.868 bits per heavy atom. The first kappa shape index (κ1) is 36.5. The third-order valence-corrected chi connectivity index (χ3v) is 7.51. The Labute approximate surface area is 237 Å². The highest BCUT2D eigenvalue weighted by Gasteiger charge is 2.06. The van der Waals surface area contributed by atoms with Crippen molar-refractivity contribution >= 4 is 5.91 Å². The van der Waals surface area contributed by atoms with Crippen LogP contribution >= 0.6 is 0 Å². The van der Waals surface area contributed by atoms with Gasteiger partial charge in [0.15, 0.2) is 5.76 Å². The number of aliphatic hydroxyl groups excluding tert-OH is 2. The Hall–Kier alpha value is -1.45. The number of carbonyl (C=O) groups excluding carboxylic acids is 1. The number of allylic oxidation sites excluding steroid dienone is 2. The van der Waals surface area contributed by atoms with Crippen LogP contribution in [-0.2, 0) is 4.79 Å². The molecule has 4 heteroatoms. The Morgan fingerprint density at radius 3 is 1.26 bits per heavy atom. The molecule has 0 radical (unpaired) electrons. The van der Waals surface area contributed by atoms with E-state index in [0.29, 0.717) is 6.42 Å². The Balaban J connectivity index is 3.58. The van der Waals surface area contributed by atoms with Gasteiger partial charge in [-0.05, 0) is 25.3 Å². The van der Waals surface area contributed by atoms with E-state index in [1.807, 2.05) is 6.08 Å². The van der Waals surface area contributed by atoms with E-state index in [-0.39, 0.29) is 11.7 Å². The lowest BCUT2D eigenvalue weighted by molar-refractivity contribution is -0.121. The average Bonchev–Trinajstić information content (AvgIpc) is 2.91. The van der Waals surface area contributed by atoms with Crippen LogP contribution in [0.1, 0.15) is 187 Å². The first-order valence-corrected chi connectivity index (χ1v) is 16.7. The third-order valence-electron chi connectivity index (χ3n) is 7.51. The second kappa shape index (κ2) is 30.1. The summed E-state index contributed by atoms with van der Waals surface area (Å²) in [5.41, 5.74) is 0. The highest BCUT2D eigenvalue weighted by Crippen LogP contribution is 2.14. The molecular formula is C34H65NO3. The fourth-order valence-corrected chi connectivity index (χ4v) is 4.94. The molecule has 0 aliphatic heterocycles. The van der Waals surface area contributed by atoms with Crippen molar-refractivity contribution in [1.29, 1.82) is 0 Å². The molecule has 4 nitrogen and oxygen atoms in total. The highest BCUT2D eigenvalue weighted by molar-refractivity contribution is 5.77. The number of carbonyl (C=O) groups is 1. The zero-order valence-corrected chi connectivity index (χ0v) is 25.5. The summed E-state index contributed by atoms with van der Waals surface area (Å²) in [6.07, 6.45) is 37.0. The van der Waals surface area contributed by atoms with Crippen LogP contribution in [-0.4, -0.2) is 16.1 Å². The largest absolute Gasteiger partial charge is 0.503 e. The third kappa shape index (κ3) is 27.6. The van der Waals surface area contributed by atoms with Crippen molar-refractivity contribution in [3.05, 3.63) is 23.8 Å². The van der Waals surface area contributed by atoms with E-state index in [1.54, 1.807) is 0 Å². The van der Waals surface area contributed by atoms with Gasteiger partial charge < -0.3 is 10.2 Å². The maximum Gasteiger partial charge on any atom is 0.234 e. The minimum absolute atomic E-state index is 0.230. The number of hydrogen-bond donors (Lipinski definition) is 3. The van der Waals surface area contributed by atoms with Gasteiger partial charge in [0.1, 0.15) is 0 Å². The van der Waals surface area contributed by atoms with E-state index in [9.17, 15) is 15.0 Å². The van der Waals surface area contributed by atoms with E-state index < -0.39 is 5.88 Å². The lowest BCUT2D eigenvalue weighted by atomic mass is 10.0. The van der Waals surface area contributed by atoms with Gasteiger partial charge in [-0.2, -0.15) is 0 Å². The second-order valence-corrected chi connectivity index (χ2v) is 11.4. The van der Waals surface area contributed by atoms with Gasteiger partial charge in [-0.25, -0.2) is 0 Å². The van der Waals surface area contributed by atoms with Crippen molar-refractivity contribution < 1.29 is 15.0 Å². The number of unbranched alkanes of at least 4 members (excludes halogenated alkanes) is 24. The van der Waals surface area contributed by atoms with Crippen LogP contribution in [0.5, 0.6) is 0 Å². The van der Waals surface area contributed by atoms with Crippen LogP contribution in [0.4, 0.5) is 0 Å². The van der Waals surface area contributed by atoms with Crippen LogP contribution in [0, 0.1) is 0 Å².